The highest BCUT2D eigenvalue weighted by Crippen LogP contribution is 2.43. The van der Waals surface area contributed by atoms with Gasteiger partial charge in [-0.1, -0.05) is 38.0 Å². The molecule has 1 saturated carbocycles. The van der Waals surface area contributed by atoms with Crippen LogP contribution in [0.5, 0.6) is 0 Å². The van der Waals surface area contributed by atoms with Gasteiger partial charge in [0.25, 0.3) is 5.91 Å². The van der Waals surface area contributed by atoms with E-state index in [1.54, 1.807) is 4.90 Å². The van der Waals surface area contributed by atoms with Crippen molar-refractivity contribution in [3.8, 4) is 0 Å². The average molecular weight is 245 g/mol. The molecule has 96 valence electrons. The monoisotopic (exact) mass is 245 g/mol. The molecule has 1 atom stereocenters. The van der Waals surface area contributed by atoms with Crippen LogP contribution in [0.3, 0.4) is 0 Å². The summed E-state index contributed by atoms with van der Waals surface area (Å²) in [7, 11) is 0. The first-order chi connectivity index (χ1) is 8.68. The number of carbonyl (C=O) groups excluding carboxylic acids is 1. The molecule has 3 heteroatoms. The van der Waals surface area contributed by atoms with Crippen molar-refractivity contribution in [1.29, 1.82) is 0 Å². The number of amides is 1. The predicted molar refractivity (Wildman–Crippen MR) is 69.1 cm³/mol. The van der Waals surface area contributed by atoms with E-state index in [1.165, 1.54) is 0 Å². The zero-order valence-corrected chi connectivity index (χ0v) is 10.7. The van der Waals surface area contributed by atoms with Crippen molar-refractivity contribution in [3.63, 3.8) is 0 Å². The summed E-state index contributed by atoms with van der Waals surface area (Å²) < 4.78 is 0. The molecule has 0 saturated heterocycles. The Morgan fingerprint density at radius 1 is 1.33 bits per heavy atom. The van der Waals surface area contributed by atoms with Crippen LogP contribution in [0.4, 0.5) is 0 Å². The van der Waals surface area contributed by atoms with Gasteiger partial charge in [-0.25, -0.2) is 0 Å². The molecule has 1 fully saturated rings. The molecule has 0 bridgehead atoms. The second kappa shape index (κ2) is 4.09. The minimum Gasteiger partial charge on any atom is -0.367 e. The van der Waals surface area contributed by atoms with Gasteiger partial charge in [-0.05, 0) is 25.3 Å². The van der Waals surface area contributed by atoms with E-state index < -0.39 is 5.72 Å². The molecule has 18 heavy (non-hydrogen) atoms. The van der Waals surface area contributed by atoms with Crippen molar-refractivity contribution >= 4 is 5.91 Å². The van der Waals surface area contributed by atoms with Crippen LogP contribution in [0.1, 0.15) is 54.9 Å². The highest BCUT2D eigenvalue weighted by Gasteiger charge is 2.50. The van der Waals surface area contributed by atoms with Gasteiger partial charge in [0.05, 0.1) is 0 Å². The van der Waals surface area contributed by atoms with Gasteiger partial charge in [-0.15, -0.1) is 0 Å². The lowest BCUT2D eigenvalue weighted by atomic mass is 9.98. The van der Waals surface area contributed by atoms with E-state index >= 15 is 0 Å². The summed E-state index contributed by atoms with van der Waals surface area (Å²) in [5.74, 6) is 0.00171. The lowest BCUT2D eigenvalue weighted by molar-refractivity contribution is -0.104. The number of carbonyl (C=O) groups is 1. The number of fused-ring (bicyclic) bond motifs is 1. The molecular weight excluding hydrogens is 226 g/mol. The van der Waals surface area contributed by atoms with Gasteiger partial charge in [0.2, 0.25) is 0 Å². The molecule has 1 aromatic rings. The second-order valence-corrected chi connectivity index (χ2v) is 5.33. The fraction of sp³-hybridized carbons (Fsp3) is 0.533. The second-order valence-electron chi connectivity index (χ2n) is 5.33. The van der Waals surface area contributed by atoms with Gasteiger partial charge in [0, 0.05) is 17.2 Å². The molecule has 1 aliphatic carbocycles. The molecule has 1 aliphatic heterocycles. The van der Waals surface area contributed by atoms with E-state index in [-0.39, 0.29) is 11.9 Å². The Kier molecular flexibility index (Phi) is 2.67. The van der Waals surface area contributed by atoms with E-state index in [4.69, 9.17) is 0 Å². The number of nitrogens with zero attached hydrogens (tertiary/aromatic N) is 1. The summed E-state index contributed by atoms with van der Waals surface area (Å²) >= 11 is 0. The molecule has 0 spiro atoms. The van der Waals surface area contributed by atoms with Crippen LogP contribution in [0.25, 0.3) is 0 Å². The van der Waals surface area contributed by atoms with Crippen molar-refractivity contribution < 1.29 is 9.90 Å². The minimum atomic E-state index is -1.09. The molecule has 0 aromatic heterocycles. The Bertz CT molecular complexity index is 479. The van der Waals surface area contributed by atoms with Crippen LogP contribution in [0.15, 0.2) is 24.3 Å². The van der Waals surface area contributed by atoms with Crippen LogP contribution >= 0.6 is 0 Å². The zero-order chi connectivity index (χ0) is 12.8. The summed E-state index contributed by atoms with van der Waals surface area (Å²) in [6.45, 7) is 1.94. The highest BCUT2D eigenvalue weighted by molar-refractivity contribution is 5.99. The van der Waals surface area contributed by atoms with E-state index in [0.29, 0.717) is 12.0 Å². The molecule has 1 aromatic carbocycles. The summed E-state index contributed by atoms with van der Waals surface area (Å²) in [6, 6.07) is 7.67. The van der Waals surface area contributed by atoms with E-state index in [9.17, 15) is 9.90 Å². The molecule has 1 N–H and O–H groups in total. The Balaban J connectivity index is 2.08. The zero-order valence-electron chi connectivity index (χ0n) is 10.7. The van der Waals surface area contributed by atoms with Gasteiger partial charge < -0.3 is 10.0 Å². The van der Waals surface area contributed by atoms with Gasteiger partial charge in [-0.2, -0.15) is 0 Å². The fourth-order valence-corrected chi connectivity index (χ4v) is 3.44. The number of benzene rings is 1. The highest BCUT2D eigenvalue weighted by atomic mass is 16.3. The van der Waals surface area contributed by atoms with Crippen molar-refractivity contribution in [3.05, 3.63) is 35.4 Å². The molecule has 1 heterocycles. The smallest absolute Gasteiger partial charge is 0.257 e. The van der Waals surface area contributed by atoms with Gasteiger partial charge in [0.1, 0.15) is 0 Å². The minimum absolute atomic E-state index is 0.00171. The topological polar surface area (TPSA) is 40.5 Å². The maximum atomic E-state index is 12.5. The first-order valence-corrected chi connectivity index (χ1v) is 6.84. The summed E-state index contributed by atoms with van der Waals surface area (Å²) in [4.78, 5) is 14.3. The van der Waals surface area contributed by atoms with Crippen molar-refractivity contribution in [2.24, 2.45) is 0 Å². The maximum Gasteiger partial charge on any atom is 0.257 e. The van der Waals surface area contributed by atoms with E-state index in [0.717, 1.165) is 31.2 Å². The van der Waals surface area contributed by atoms with E-state index in [1.807, 2.05) is 31.2 Å². The van der Waals surface area contributed by atoms with Crippen molar-refractivity contribution in [1.82, 2.24) is 4.90 Å². The third-order valence-electron chi connectivity index (χ3n) is 4.39. The van der Waals surface area contributed by atoms with Gasteiger partial charge in [-0.3, -0.25) is 4.79 Å². The molecule has 3 rings (SSSR count). The quantitative estimate of drug-likeness (QED) is 0.870. The molecule has 0 radical (unpaired) electrons. The first kappa shape index (κ1) is 11.7. The summed E-state index contributed by atoms with van der Waals surface area (Å²) in [5, 5.41) is 10.9. The summed E-state index contributed by atoms with van der Waals surface area (Å²) in [5.41, 5.74) is 0.362. The van der Waals surface area contributed by atoms with E-state index in [2.05, 4.69) is 0 Å². The number of aliphatic hydroxyl groups is 1. The molecule has 1 amide bonds. The Labute approximate surface area is 107 Å². The SMILES string of the molecule is CCC1(O)c2ccccc2C(=O)N1C1CCCC1. The van der Waals surface area contributed by atoms with Crippen LogP contribution in [0.2, 0.25) is 0 Å². The third kappa shape index (κ3) is 1.43. The third-order valence-corrected chi connectivity index (χ3v) is 4.39. The van der Waals surface area contributed by atoms with Crippen molar-refractivity contribution in [2.75, 3.05) is 0 Å². The van der Waals surface area contributed by atoms with Crippen LogP contribution in [0, 0.1) is 0 Å². The van der Waals surface area contributed by atoms with Crippen LogP contribution in [-0.2, 0) is 5.72 Å². The molecule has 1 unspecified atom stereocenters. The molecule has 2 aliphatic rings. The normalized spacial score (nSPS) is 27.9. The van der Waals surface area contributed by atoms with Gasteiger partial charge >= 0.3 is 0 Å². The summed E-state index contributed by atoms with van der Waals surface area (Å²) in [6.07, 6.45) is 4.89. The Hall–Kier alpha value is -1.35. The Morgan fingerprint density at radius 2 is 2.00 bits per heavy atom. The average Bonchev–Trinajstić information content (AvgIpc) is 2.98. The molecule has 3 nitrogen and oxygen atoms in total. The largest absolute Gasteiger partial charge is 0.367 e. The maximum absolute atomic E-state index is 12.5. The van der Waals surface area contributed by atoms with Crippen LogP contribution < -0.4 is 0 Å². The fourth-order valence-electron chi connectivity index (χ4n) is 3.44. The lowest BCUT2D eigenvalue weighted by Gasteiger charge is -2.37. The Morgan fingerprint density at radius 3 is 2.67 bits per heavy atom. The number of hydrogen-bond acceptors (Lipinski definition) is 2. The number of rotatable bonds is 2. The predicted octanol–water partition coefficient (Wildman–Crippen LogP) is 2.64. The first-order valence-electron chi connectivity index (χ1n) is 6.84. The van der Waals surface area contributed by atoms with Gasteiger partial charge in [0.15, 0.2) is 5.72 Å². The number of hydrogen-bond donors (Lipinski definition) is 1. The molecular formula is C15H19NO2. The lowest BCUT2D eigenvalue weighted by Crippen LogP contribution is -2.48. The standard InChI is InChI=1S/C15H19NO2/c1-2-15(18)13-10-6-5-9-12(13)14(17)16(15)11-7-3-4-8-11/h5-6,9-11,18H,2-4,7-8H2,1H3. The van der Waals surface area contributed by atoms with Crippen LogP contribution in [-0.4, -0.2) is 22.0 Å². The van der Waals surface area contributed by atoms with Crippen molar-refractivity contribution in [2.45, 2.75) is 50.8 Å².